The minimum atomic E-state index is -0.108. The third-order valence-electron chi connectivity index (χ3n) is 4.17. The van der Waals surface area contributed by atoms with E-state index < -0.39 is 0 Å². The zero-order valence-corrected chi connectivity index (χ0v) is 16.0. The minimum absolute atomic E-state index is 0.0906. The van der Waals surface area contributed by atoms with Crippen molar-refractivity contribution >= 4 is 21.8 Å². The summed E-state index contributed by atoms with van der Waals surface area (Å²) in [7, 11) is 0. The molecular formula is C20H22BrNO3. The quantitative estimate of drug-likeness (QED) is 0.801. The van der Waals surface area contributed by atoms with Gasteiger partial charge in [0.15, 0.2) is 11.5 Å². The number of carbonyl (C=O) groups excluding carboxylic acids is 1. The van der Waals surface area contributed by atoms with Gasteiger partial charge in [0.1, 0.15) is 0 Å². The van der Waals surface area contributed by atoms with Gasteiger partial charge in [0.2, 0.25) is 0 Å². The Morgan fingerprint density at radius 2 is 1.84 bits per heavy atom. The fourth-order valence-electron chi connectivity index (χ4n) is 2.86. The van der Waals surface area contributed by atoms with Crippen LogP contribution in [0.25, 0.3) is 0 Å². The highest BCUT2D eigenvalue weighted by Crippen LogP contribution is 2.34. The molecule has 1 N–H and O–H groups in total. The van der Waals surface area contributed by atoms with Crippen LogP contribution in [0.4, 0.5) is 0 Å². The molecule has 0 saturated carbocycles. The van der Waals surface area contributed by atoms with Gasteiger partial charge in [-0.3, -0.25) is 4.79 Å². The van der Waals surface area contributed by atoms with Crippen LogP contribution >= 0.6 is 15.9 Å². The molecule has 0 bridgehead atoms. The number of ether oxygens (including phenoxy) is 2. The van der Waals surface area contributed by atoms with Crippen LogP contribution in [0.2, 0.25) is 0 Å². The highest BCUT2D eigenvalue weighted by molar-refractivity contribution is 9.10. The van der Waals surface area contributed by atoms with Crippen molar-refractivity contribution < 1.29 is 14.3 Å². The van der Waals surface area contributed by atoms with Gasteiger partial charge >= 0.3 is 0 Å². The monoisotopic (exact) mass is 403 g/mol. The van der Waals surface area contributed by atoms with Crippen LogP contribution in [0.5, 0.6) is 11.5 Å². The Balaban J connectivity index is 1.84. The number of hydrogen-bond acceptors (Lipinski definition) is 3. The van der Waals surface area contributed by atoms with Crippen molar-refractivity contribution in [3.63, 3.8) is 0 Å². The summed E-state index contributed by atoms with van der Waals surface area (Å²) >= 11 is 3.41. The first kappa shape index (κ1) is 17.8. The molecule has 25 heavy (non-hydrogen) atoms. The van der Waals surface area contributed by atoms with Crippen LogP contribution in [0.1, 0.15) is 42.2 Å². The van der Waals surface area contributed by atoms with E-state index in [1.54, 1.807) is 0 Å². The number of fused-ring (bicyclic) bond motifs is 1. The molecule has 0 unspecified atom stereocenters. The van der Waals surface area contributed by atoms with Gasteiger partial charge in [-0.2, -0.15) is 0 Å². The van der Waals surface area contributed by atoms with Crippen LogP contribution in [0.15, 0.2) is 46.9 Å². The topological polar surface area (TPSA) is 47.6 Å². The van der Waals surface area contributed by atoms with Crippen molar-refractivity contribution in [3.05, 3.63) is 58.1 Å². The molecule has 0 spiro atoms. The standard InChI is InChI=1S/C20H22BrNO3/c1-13(2)19(22-20(23)15-5-3-6-16(21)11-15)14-7-8-17-18(12-14)25-10-4-9-24-17/h3,5-8,11-13,19H,4,9-10H2,1-2H3,(H,22,23)/t19-/m0/s1. The van der Waals surface area contributed by atoms with Crippen LogP contribution in [0, 0.1) is 5.92 Å². The van der Waals surface area contributed by atoms with E-state index in [0.717, 1.165) is 28.0 Å². The van der Waals surface area contributed by atoms with Gasteiger partial charge in [-0.15, -0.1) is 0 Å². The molecule has 0 saturated heterocycles. The van der Waals surface area contributed by atoms with E-state index in [0.29, 0.717) is 18.8 Å². The molecule has 3 rings (SSSR count). The maximum absolute atomic E-state index is 12.6. The number of hydrogen-bond donors (Lipinski definition) is 1. The molecule has 0 aliphatic carbocycles. The molecule has 1 amide bonds. The van der Waals surface area contributed by atoms with E-state index in [-0.39, 0.29) is 17.9 Å². The lowest BCUT2D eigenvalue weighted by Crippen LogP contribution is -2.31. The van der Waals surface area contributed by atoms with Crippen molar-refractivity contribution in [2.45, 2.75) is 26.3 Å². The fourth-order valence-corrected chi connectivity index (χ4v) is 3.26. The summed E-state index contributed by atoms with van der Waals surface area (Å²) in [5.74, 6) is 1.66. The van der Waals surface area contributed by atoms with Gasteiger partial charge < -0.3 is 14.8 Å². The van der Waals surface area contributed by atoms with Gasteiger partial charge in [-0.1, -0.05) is 41.9 Å². The van der Waals surface area contributed by atoms with E-state index in [1.165, 1.54) is 0 Å². The first-order valence-electron chi connectivity index (χ1n) is 8.50. The second-order valence-corrected chi connectivity index (χ2v) is 7.38. The summed E-state index contributed by atoms with van der Waals surface area (Å²) in [5.41, 5.74) is 1.65. The largest absolute Gasteiger partial charge is 0.490 e. The molecule has 1 atom stereocenters. The van der Waals surface area contributed by atoms with Crippen molar-refractivity contribution in [2.24, 2.45) is 5.92 Å². The van der Waals surface area contributed by atoms with Crippen LogP contribution in [-0.4, -0.2) is 19.1 Å². The second-order valence-electron chi connectivity index (χ2n) is 6.46. The predicted octanol–water partition coefficient (Wildman–Crippen LogP) is 4.74. The number of nitrogens with one attached hydrogen (secondary N) is 1. The zero-order chi connectivity index (χ0) is 17.8. The molecule has 0 fully saturated rings. The van der Waals surface area contributed by atoms with Crippen molar-refractivity contribution in [2.75, 3.05) is 13.2 Å². The van der Waals surface area contributed by atoms with E-state index in [2.05, 4.69) is 35.1 Å². The molecule has 2 aromatic rings. The van der Waals surface area contributed by atoms with Crippen molar-refractivity contribution in [1.29, 1.82) is 0 Å². The van der Waals surface area contributed by atoms with E-state index >= 15 is 0 Å². The summed E-state index contributed by atoms with van der Waals surface area (Å²) in [6, 6.07) is 13.2. The van der Waals surface area contributed by atoms with Crippen LogP contribution in [-0.2, 0) is 0 Å². The van der Waals surface area contributed by atoms with Gasteiger partial charge in [-0.05, 0) is 41.8 Å². The van der Waals surface area contributed by atoms with Gasteiger partial charge in [0.05, 0.1) is 19.3 Å². The number of amides is 1. The normalized spacial score (nSPS) is 14.7. The van der Waals surface area contributed by atoms with Crippen molar-refractivity contribution in [1.82, 2.24) is 5.32 Å². The first-order valence-corrected chi connectivity index (χ1v) is 9.30. The molecular weight excluding hydrogens is 382 g/mol. The van der Waals surface area contributed by atoms with Crippen molar-refractivity contribution in [3.8, 4) is 11.5 Å². The van der Waals surface area contributed by atoms with Crippen LogP contribution < -0.4 is 14.8 Å². The molecule has 5 heteroatoms. The molecule has 4 nitrogen and oxygen atoms in total. The average molecular weight is 404 g/mol. The number of halogens is 1. The Morgan fingerprint density at radius 1 is 1.08 bits per heavy atom. The molecule has 1 aliphatic rings. The summed E-state index contributed by atoms with van der Waals surface area (Å²) in [6.45, 7) is 5.50. The summed E-state index contributed by atoms with van der Waals surface area (Å²) in [5, 5.41) is 3.14. The third kappa shape index (κ3) is 4.34. The molecule has 0 radical (unpaired) electrons. The lowest BCUT2D eigenvalue weighted by molar-refractivity contribution is 0.0925. The zero-order valence-electron chi connectivity index (χ0n) is 14.4. The molecule has 2 aromatic carbocycles. The smallest absolute Gasteiger partial charge is 0.251 e. The maximum Gasteiger partial charge on any atom is 0.251 e. The second kappa shape index (κ2) is 7.91. The number of carbonyl (C=O) groups is 1. The van der Waals surface area contributed by atoms with Gasteiger partial charge in [0, 0.05) is 16.5 Å². The highest BCUT2D eigenvalue weighted by Gasteiger charge is 2.21. The minimum Gasteiger partial charge on any atom is -0.490 e. The molecule has 1 aliphatic heterocycles. The Hall–Kier alpha value is -2.01. The first-order chi connectivity index (χ1) is 12.0. The maximum atomic E-state index is 12.6. The molecule has 132 valence electrons. The number of benzene rings is 2. The van der Waals surface area contributed by atoms with Gasteiger partial charge in [0.25, 0.3) is 5.91 Å². The molecule has 1 heterocycles. The van der Waals surface area contributed by atoms with Gasteiger partial charge in [-0.25, -0.2) is 0 Å². The van der Waals surface area contributed by atoms with E-state index in [1.807, 2.05) is 42.5 Å². The molecule has 0 aromatic heterocycles. The lowest BCUT2D eigenvalue weighted by atomic mass is 9.95. The SMILES string of the molecule is CC(C)[C@H](NC(=O)c1cccc(Br)c1)c1ccc2c(c1)OCCCO2. The Labute approximate surface area is 156 Å². The Bertz CT molecular complexity index is 760. The summed E-state index contributed by atoms with van der Waals surface area (Å²) < 4.78 is 12.4. The average Bonchev–Trinajstić information content (AvgIpc) is 2.83. The Kier molecular flexibility index (Phi) is 5.63. The number of rotatable bonds is 4. The summed E-state index contributed by atoms with van der Waals surface area (Å²) in [6.07, 6.45) is 0.872. The van der Waals surface area contributed by atoms with E-state index in [9.17, 15) is 4.79 Å². The van der Waals surface area contributed by atoms with Crippen LogP contribution in [0.3, 0.4) is 0 Å². The lowest BCUT2D eigenvalue weighted by Gasteiger charge is -2.24. The third-order valence-corrected chi connectivity index (χ3v) is 4.66. The highest BCUT2D eigenvalue weighted by atomic mass is 79.9. The predicted molar refractivity (Wildman–Crippen MR) is 101 cm³/mol. The van der Waals surface area contributed by atoms with E-state index in [4.69, 9.17) is 9.47 Å². The fraction of sp³-hybridized carbons (Fsp3) is 0.350. The Morgan fingerprint density at radius 3 is 2.56 bits per heavy atom. The summed E-state index contributed by atoms with van der Waals surface area (Å²) in [4.78, 5) is 12.6.